The molecule has 0 aliphatic carbocycles. The maximum Gasteiger partial charge on any atom is 0.119 e. The van der Waals surface area contributed by atoms with Crippen molar-refractivity contribution in [3.05, 3.63) is 65.2 Å². The molecule has 0 amide bonds. The Bertz CT molecular complexity index is 492. The van der Waals surface area contributed by atoms with Gasteiger partial charge >= 0.3 is 0 Å². The first-order valence-corrected chi connectivity index (χ1v) is 5.67. The highest BCUT2D eigenvalue weighted by Gasteiger charge is 2.16. The SMILES string of the molecule is Cc1ccc(C(CO)c2ccccc2)c(O)c1. The number of aromatic hydroxyl groups is 1. The van der Waals surface area contributed by atoms with Crippen molar-refractivity contribution >= 4 is 0 Å². The Morgan fingerprint density at radius 3 is 2.35 bits per heavy atom. The molecule has 0 fully saturated rings. The van der Waals surface area contributed by atoms with Gasteiger partial charge in [-0.3, -0.25) is 0 Å². The minimum atomic E-state index is -0.170. The molecule has 0 radical (unpaired) electrons. The maximum absolute atomic E-state index is 9.94. The Balaban J connectivity index is 2.42. The topological polar surface area (TPSA) is 40.5 Å². The number of phenols is 1. The molecule has 0 aliphatic heterocycles. The summed E-state index contributed by atoms with van der Waals surface area (Å²) >= 11 is 0. The van der Waals surface area contributed by atoms with Crippen LogP contribution in [0.1, 0.15) is 22.6 Å². The second kappa shape index (κ2) is 5.02. The molecule has 2 heteroatoms. The van der Waals surface area contributed by atoms with Crippen molar-refractivity contribution in [2.45, 2.75) is 12.8 Å². The average Bonchev–Trinajstić information content (AvgIpc) is 2.34. The zero-order chi connectivity index (χ0) is 12.3. The zero-order valence-corrected chi connectivity index (χ0v) is 9.80. The minimum Gasteiger partial charge on any atom is -0.508 e. The van der Waals surface area contributed by atoms with Gasteiger partial charge in [-0.25, -0.2) is 0 Å². The first kappa shape index (κ1) is 11.7. The van der Waals surface area contributed by atoms with Gasteiger partial charge in [-0.2, -0.15) is 0 Å². The van der Waals surface area contributed by atoms with Crippen LogP contribution in [0.3, 0.4) is 0 Å². The van der Waals surface area contributed by atoms with E-state index in [4.69, 9.17) is 0 Å². The molecule has 0 aromatic heterocycles. The third kappa shape index (κ3) is 2.48. The molecule has 0 saturated heterocycles. The summed E-state index contributed by atoms with van der Waals surface area (Å²) in [6, 6.07) is 15.3. The van der Waals surface area contributed by atoms with Crippen molar-refractivity contribution in [2.24, 2.45) is 0 Å². The number of aliphatic hydroxyl groups is 1. The quantitative estimate of drug-likeness (QED) is 0.848. The smallest absolute Gasteiger partial charge is 0.119 e. The summed E-state index contributed by atoms with van der Waals surface area (Å²) in [5.41, 5.74) is 2.79. The third-order valence-electron chi connectivity index (χ3n) is 2.95. The number of benzene rings is 2. The number of phenolic OH excluding ortho intramolecular Hbond substituents is 1. The highest BCUT2D eigenvalue weighted by atomic mass is 16.3. The fourth-order valence-electron chi connectivity index (χ4n) is 2.02. The second-order valence-corrected chi connectivity index (χ2v) is 4.21. The molecule has 2 rings (SSSR count). The average molecular weight is 228 g/mol. The van der Waals surface area contributed by atoms with E-state index in [0.717, 1.165) is 16.7 Å². The summed E-state index contributed by atoms with van der Waals surface area (Å²) in [6.45, 7) is 1.92. The van der Waals surface area contributed by atoms with E-state index in [-0.39, 0.29) is 18.3 Å². The van der Waals surface area contributed by atoms with Gasteiger partial charge in [0.1, 0.15) is 5.75 Å². The van der Waals surface area contributed by atoms with Crippen molar-refractivity contribution in [1.82, 2.24) is 0 Å². The standard InChI is InChI=1S/C15H16O2/c1-11-7-8-13(15(17)9-11)14(10-16)12-5-3-2-4-6-12/h2-9,14,16-17H,10H2,1H3. The highest BCUT2D eigenvalue weighted by Crippen LogP contribution is 2.31. The summed E-state index contributed by atoms with van der Waals surface area (Å²) in [6.07, 6.45) is 0. The predicted molar refractivity (Wildman–Crippen MR) is 68.2 cm³/mol. The molecular formula is C15H16O2. The molecule has 2 aromatic carbocycles. The Kier molecular flexibility index (Phi) is 3.45. The van der Waals surface area contributed by atoms with Crippen LogP contribution in [0.5, 0.6) is 5.75 Å². The van der Waals surface area contributed by atoms with Gasteiger partial charge in [0.15, 0.2) is 0 Å². The molecule has 0 heterocycles. The van der Waals surface area contributed by atoms with Crippen molar-refractivity contribution in [1.29, 1.82) is 0 Å². The number of aliphatic hydroxyl groups excluding tert-OH is 1. The monoisotopic (exact) mass is 228 g/mol. The van der Waals surface area contributed by atoms with Crippen molar-refractivity contribution in [3.63, 3.8) is 0 Å². The lowest BCUT2D eigenvalue weighted by Gasteiger charge is -2.16. The lowest BCUT2D eigenvalue weighted by atomic mass is 9.91. The van der Waals surface area contributed by atoms with Gasteiger partial charge in [0.2, 0.25) is 0 Å². The van der Waals surface area contributed by atoms with Gasteiger partial charge < -0.3 is 10.2 Å². The molecule has 0 bridgehead atoms. The van der Waals surface area contributed by atoms with Crippen molar-refractivity contribution in [3.8, 4) is 5.75 Å². The van der Waals surface area contributed by atoms with Crippen molar-refractivity contribution in [2.75, 3.05) is 6.61 Å². The summed E-state index contributed by atoms with van der Waals surface area (Å²) in [5.74, 6) is 0.0738. The van der Waals surface area contributed by atoms with Crippen LogP contribution >= 0.6 is 0 Å². The predicted octanol–water partition coefficient (Wildman–Crippen LogP) is 2.82. The number of hydrogen-bond acceptors (Lipinski definition) is 2. The molecule has 2 nitrogen and oxygen atoms in total. The Morgan fingerprint density at radius 1 is 1.06 bits per heavy atom. The largest absolute Gasteiger partial charge is 0.508 e. The van der Waals surface area contributed by atoms with Gasteiger partial charge in [0, 0.05) is 11.5 Å². The molecule has 17 heavy (non-hydrogen) atoms. The lowest BCUT2D eigenvalue weighted by molar-refractivity contribution is 0.278. The Morgan fingerprint density at radius 2 is 1.76 bits per heavy atom. The molecule has 2 aromatic rings. The number of hydrogen-bond donors (Lipinski definition) is 2. The summed E-state index contributed by atoms with van der Waals surface area (Å²) in [5, 5.41) is 19.5. The van der Waals surface area contributed by atoms with E-state index < -0.39 is 0 Å². The Hall–Kier alpha value is -1.80. The summed E-state index contributed by atoms with van der Waals surface area (Å²) in [7, 11) is 0. The normalized spacial score (nSPS) is 12.4. The molecule has 1 unspecified atom stereocenters. The minimum absolute atomic E-state index is 0.0133. The third-order valence-corrected chi connectivity index (χ3v) is 2.95. The number of aryl methyl sites for hydroxylation is 1. The lowest BCUT2D eigenvalue weighted by Crippen LogP contribution is -2.06. The molecular weight excluding hydrogens is 212 g/mol. The van der Waals surface area contributed by atoms with Crippen LogP contribution in [-0.4, -0.2) is 16.8 Å². The first-order valence-electron chi connectivity index (χ1n) is 5.67. The van der Waals surface area contributed by atoms with Crippen LogP contribution in [0, 0.1) is 6.92 Å². The van der Waals surface area contributed by atoms with E-state index in [0.29, 0.717) is 0 Å². The van der Waals surface area contributed by atoms with Crippen LogP contribution in [0.2, 0.25) is 0 Å². The molecule has 0 spiro atoms. The van der Waals surface area contributed by atoms with E-state index in [1.807, 2.05) is 49.4 Å². The molecule has 0 saturated carbocycles. The highest BCUT2D eigenvalue weighted by molar-refractivity contribution is 5.43. The van der Waals surface area contributed by atoms with Gasteiger partial charge in [-0.15, -0.1) is 0 Å². The van der Waals surface area contributed by atoms with Crippen LogP contribution < -0.4 is 0 Å². The first-order chi connectivity index (χ1) is 8.22. The zero-order valence-electron chi connectivity index (χ0n) is 9.80. The summed E-state index contributed by atoms with van der Waals surface area (Å²) in [4.78, 5) is 0. The van der Waals surface area contributed by atoms with Gasteiger partial charge in [0.25, 0.3) is 0 Å². The number of rotatable bonds is 3. The van der Waals surface area contributed by atoms with Crippen LogP contribution in [0.4, 0.5) is 0 Å². The Labute approximate surface area is 101 Å². The van der Waals surface area contributed by atoms with E-state index in [1.165, 1.54) is 0 Å². The summed E-state index contributed by atoms with van der Waals surface area (Å²) < 4.78 is 0. The van der Waals surface area contributed by atoms with E-state index in [1.54, 1.807) is 6.07 Å². The molecule has 1 atom stereocenters. The van der Waals surface area contributed by atoms with E-state index in [9.17, 15) is 10.2 Å². The molecule has 88 valence electrons. The van der Waals surface area contributed by atoms with E-state index in [2.05, 4.69) is 0 Å². The maximum atomic E-state index is 9.94. The fourth-order valence-corrected chi connectivity index (χ4v) is 2.02. The fraction of sp³-hybridized carbons (Fsp3) is 0.200. The van der Waals surface area contributed by atoms with Crippen molar-refractivity contribution < 1.29 is 10.2 Å². The van der Waals surface area contributed by atoms with Gasteiger partial charge in [-0.1, -0.05) is 42.5 Å². The van der Waals surface area contributed by atoms with Crippen LogP contribution in [-0.2, 0) is 0 Å². The van der Waals surface area contributed by atoms with Gasteiger partial charge in [0.05, 0.1) is 6.61 Å². The molecule has 2 N–H and O–H groups in total. The van der Waals surface area contributed by atoms with Crippen LogP contribution in [0.25, 0.3) is 0 Å². The van der Waals surface area contributed by atoms with Gasteiger partial charge in [-0.05, 0) is 24.1 Å². The van der Waals surface area contributed by atoms with E-state index >= 15 is 0 Å². The molecule has 0 aliphatic rings. The second-order valence-electron chi connectivity index (χ2n) is 4.21. The van der Waals surface area contributed by atoms with Crippen LogP contribution in [0.15, 0.2) is 48.5 Å².